The summed E-state index contributed by atoms with van der Waals surface area (Å²) in [7, 11) is 0. The van der Waals surface area contributed by atoms with Gasteiger partial charge in [-0.2, -0.15) is 0 Å². The molecular formula is C8H12ClN3. The van der Waals surface area contributed by atoms with E-state index in [1.807, 2.05) is 0 Å². The summed E-state index contributed by atoms with van der Waals surface area (Å²) < 4.78 is 0. The zero-order valence-electron chi connectivity index (χ0n) is 7.13. The van der Waals surface area contributed by atoms with E-state index in [1.165, 1.54) is 19.2 Å². The molecule has 0 amide bonds. The van der Waals surface area contributed by atoms with Crippen LogP contribution in [0.15, 0.2) is 6.33 Å². The molecule has 0 spiro atoms. The van der Waals surface area contributed by atoms with E-state index in [0.717, 1.165) is 18.7 Å². The predicted molar refractivity (Wildman–Crippen MR) is 48.1 cm³/mol. The van der Waals surface area contributed by atoms with Crippen molar-refractivity contribution < 1.29 is 0 Å². The van der Waals surface area contributed by atoms with Gasteiger partial charge in [-0.25, -0.2) is 15.0 Å². The highest BCUT2D eigenvalue weighted by Gasteiger charge is 1.97. The summed E-state index contributed by atoms with van der Waals surface area (Å²) in [5.74, 6) is 0.795. The standard InChI is InChI=1S/C8H12ClN3/c1-2-3-4-5-7-10-6-11-8(9)12-7/h6H,2-5H2,1H3. The van der Waals surface area contributed by atoms with Crippen molar-refractivity contribution in [1.82, 2.24) is 15.0 Å². The van der Waals surface area contributed by atoms with Crippen LogP contribution in [0.25, 0.3) is 0 Å². The highest BCUT2D eigenvalue weighted by molar-refractivity contribution is 6.28. The first kappa shape index (κ1) is 9.39. The second kappa shape index (κ2) is 5.04. The van der Waals surface area contributed by atoms with E-state index in [4.69, 9.17) is 11.6 Å². The minimum Gasteiger partial charge on any atom is -0.221 e. The smallest absolute Gasteiger partial charge is 0.221 e. The van der Waals surface area contributed by atoms with Crippen molar-refractivity contribution in [3.8, 4) is 0 Å². The van der Waals surface area contributed by atoms with Crippen LogP contribution in [0.2, 0.25) is 5.28 Å². The summed E-state index contributed by atoms with van der Waals surface area (Å²) in [6, 6.07) is 0. The Morgan fingerprint density at radius 3 is 2.83 bits per heavy atom. The van der Waals surface area contributed by atoms with Gasteiger partial charge in [0.1, 0.15) is 12.2 Å². The van der Waals surface area contributed by atoms with Crippen LogP contribution in [-0.4, -0.2) is 15.0 Å². The van der Waals surface area contributed by atoms with Crippen molar-refractivity contribution in [1.29, 1.82) is 0 Å². The van der Waals surface area contributed by atoms with Gasteiger partial charge in [-0.1, -0.05) is 19.8 Å². The maximum Gasteiger partial charge on any atom is 0.225 e. The molecule has 0 bridgehead atoms. The van der Waals surface area contributed by atoms with E-state index in [1.54, 1.807) is 0 Å². The molecule has 0 saturated heterocycles. The normalized spacial score (nSPS) is 10.2. The molecule has 0 aliphatic carbocycles. The van der Waals surface area contributed by atoms with E-state index < -0.39 is 0 Å². The lowest BCUT2D eigenvalue weighted by molar-refractivity contribution is 0.689. The predicted octanol–water partition coefficient (Wildman–Crippen LogP) is 2.26. The Labute approximate surface area is 77.2 Å². The molecule has 1 rings (SSSR count). The molecule has 1 aromatic heterocycles. The SMILES string of the molecule is CCCCCc1ncnc(Cl)n1. The number of hydrogen-bond donors (Lipinski definition) is 0. The molecule has 0 atom stereocenters. The number of hydrogen-bond acceptors (Lipinski definition) is 3. The van der Waals surface area contributed by atoms with Gasteiger partial charge < -0.3 is 0 Å². The van der Waals surface area contributed by atoms with Gasteiger partial charge in [-0.3, -0.25) is 0 Å². The van der Waals surface area contributed by atoms with Gasteiger partial charge in [0.25, 0.3) is 0 Å². The zero-order valence-corrected chi connectivity index (χ0v) is 7.88. The number of aryl methyl sites for hydroxylation is 1. The first-order valence-electron chi connectivity index (χ1n) is 4.16. The summed E-state index contributed by atoms with van der Waals surface area (Å²) in [5, 5.41) is 0.288. The van der Waals surface area contributed by atoms with Gasteiger partial charge >= 0.3 is 0 Å². The summed E-state index contributed by atoms with van der Waals surface area (Å²) in [4.78, 5) is 11.7. The number of aromatic nitrogens is 3. The van der Waals surface area contributed by atoms with Crippen LogP contribution >= 0.6 is 11.6 Å². The molecular weight excluding hydrogens is 174 g/mol. The van der Waals surface area contributed by atoms with Crippen molar-refractivity contribution in [3.05, 3.63) is 17.4 Å². The van der Waals surface area contributed by atoms with Crippen molar-refractivity contribution in [2.45, 2.75) is 32.6 Å². The molecule has 0 unspecified atom stereocenters. The fraction of sp³-hybridized carbons (Fsp3) is 0.625. The molecule has 0 fully saturated rings. The van der Waals surface area contributed by atoms with Gasteiger partial charge in [-0.15, -0.1) is 0 Å². The van der Waals surface area contributed by atoms with E-state index in [-0.39, 0.29) is 5.28 Å². The van der Waals surface area contributed by atoms with E-state index in [2.05, 4.69) is 21.9 Å². The minimum atomic E-state index is 0.288. The summed E-state index contributed by atoms with van der Waals surface area (Å²) in [6.45, 7) is 2.17. The number of unbranched alkanes of at least 4 members (excludes halogenated alkanes) is 2. The summed E-state index contributed by atoms with van der Waals surface area (Å²) in [6.07, 6.45) is 5.89. The molecule has 0 aliphatic heterocycles. The van der Waals surface area contributed by atoms with Crippen molar-refractivity contribution in [3.63, 3.8) is 0 Å². The third-order valence-electron chi connectivity index (χ3n) is 1.60. The molecule has 1 aromatic rings. The van der Waals surface area contributed by atoms with Crippen LogP contribution in [0.3, 0.4) is 0 Å². The van der Waals surface area contributed by atoms with Crippen LogP contribution in [0, 0.1) is 0 Å². The van der Waals surface area contributed by atoms with Crippen LogP contribution in [0.4, 0.5) is 0 Å². The Bertz CT molecular complexity index is 239. The first-order chi connectivity index (χ1) is 5.83. The minimum absolute atomic E-state index is 0.288. The second-order valence-electron chi connectivity index (χ2n) is 2.63. The van der Waals surface area contributed by atoms with Gasteiger partial charge in [0.15, 0.2) is 0 Å². The fourth-order valence-corrected chi connectivity index (χ4v) is 1.10. The average molecular weight is 186 g/mol. The van der Waals surface area contributed by atoms with Crippen LogP contribution in [-0.2, 0) is 6.42 Å². The van der Waals surface area contributed by atoms with Gasteiger partial charge in [0.2, 0.25) is 5.28 Å². The molecule has 0 saturated carbocycles. The van der Waals surface area contributed by atoms with Crippen LogP contribution < -0.4 is 0 Å². The average Bonchev–Trinajstić information content (AvgIpc) is 2.05. The molecule has 0 N–H and O–H groups in total. The van der Waals surface area contributed by atoms with E-state index >= 15 is 0 Å². The van der Waals surface area contributed by atoms with E-state index in [9.17, 15) is 0 Å². The van der Waals surface area contributed by atoms with Crippen molar-refractivity contribution in [2.24, 2.45) is 0 Å². The molecule has 4 heteroatoms. The topological polar surface area (TPSA) is 38.7 Å². The highest BCUT2D eigenvalue weighted by atomic mass is 35.5. The van der Waals surface area contributed by atoms with Crippen molar-refractivity contribution in [2.75, 3.05) is 0 Å². The quantitative estimate of drug-likeness (QED) is 0.676. The maximum absolute atomic E-state index is 5.60. The maximum atomic E-state index is 5.60. The molecule has 66 valence electrons. The van der Waals surface area contributed by atoms with Crippen molar-refractivity contribution >= 4 is 11.6 Å². The largest absolute Gasteiger partial charge is 0.225 e. The first-order valence-corrected chi connectivity index (χ1v) is 4.54. The number of rotatable bonds is 4. The monoisotopic (exact) mass is 185 g/mol. The van der Waals surface area contributed by atoms with Gasteiger partial charge in [0, 0.05) is 6.42 Å². The number of halogens is 1. The lowest BCUT2D eigenvalue weighted by Crippen LogP contribution is -1.96. The molecule has 0 aliphatic rings. The Kier molecular flexibility index (Phi) is 3.94. The number of nitrogens with zero attached hydrogens (tertiary/aromatic N) is 3. The van der Waals surface area contributed by atoms with Gasteiger partial charge in [0.05, 0.1) is 0 Å². The zero-order chi connectivity index (χ0) is 8.81. The van der Waals surface area contributed by atoms with Gasteiger partial charge in [-0.05, 0) is 18.0 Å². The summed E-state index contributed by atoms with van der Waals surface area (Å²) in [5.41, 5.74) is 0. The second-order valence-corrected chi connectivity index (χ2v) is 2.97. The molecule has 0 aromatic carbocycles. The van der Waals surface area contributed by atoms with Crippen LogP contribution in [0.5, 0.6) is 0 Å². The third-order valence-corrected chi connectivity index (χ3v) is 1.78. The molecule has 1 heterocycles. The lowest BCUT2D eigenvalue weighted by Gasteiger charge is -1.97. The Morgan fingerprint density at radius 2 is 2.17 bits per heavy atom. The Morgan fingerprint density at radius 1 is 1.33 bits per heavy atom. The summed E-state index contributed by atoms with van der Waals surface area (Å²) >= 11 is 5.60. The van der Waals surface area contributed by atoms with E-state index in [0.29, 0.717) is 0 Å². The molecule has 3 nitrogen and oxygen atoms in total. The lowest BCUT2D eigenvalue weighted by atomic mass is 10.2. The molecule has 12 heavy (non-hydrogen) atoms. The molecule has 0 radical (unpaired) electrons. The fourth-order valence-electron chi connectivity index (χ4n) is 0.961. The Balaban J connectivity index is 2.41. The van der Waals surface area contributed by atoms with Crippen LogP contribution in [0.1, 0.15) is 32.0 Å². The third kappa shape index (κ3) is 3.13. The highest BCUT2D eigenvalue weighted by Crippen LogP contribution is 2.03. The Hall–Kier alpha value is -0.700.